The van der Waals surface area contributed by atoms with Gasteiger partial charge in [-0.3, -0.25) is 4.79 Å². The molecule has 0 fully saturated rings. The maximum atomic E-state index is 12.5. The van der Waals surface area contributed by atoms with Crippen LogP contribution in [-0.2, 0) is 11.2 Å². The number of carbonyl (C=O) groups is 1. The molecule has 0 spiro atoms. The zero-order valence-electron chi connectivity index (χ0n) is 12.1. The standard InChI is InChI=1S/C16H20N2OS.ClH/c1-18(10-9-14-8-5-11-20-14)16(19)15(12-17)13-6-3-2-4-7-13;/h2-8,11,15H,9-10,12,17H2,1H3;1H. The molecule has 1 aromatic carbocycles. The van der Waals surface area contributed by atoms with E-state index in [1.165, 1.54) is 4.88 Å². The summed E-state index contributed by atoms with van der Waals surface area (Å²) in [6.07, 6.45) is 0.895. The highest BCUT2D eigenvalue weighted by molar-refractivity contribution is 7.09. The third-order valence-corrected chi connectivity index (χ3v) is 4.32. The van der Waals surface area contributed by atoms with Crippen LogP contribution < -0.4 is 5.73 Å². The number of thiophene rings is 1. The first kappa shape index (κ1) is 17.7. The third kappa shape index (κ3) is 4.84. The van der Waals surface area contributed by atoms with Crippen molar-refractivity contribution in [1.82, 2.24) is 4.90 Å². The van der Waals surface area contributed by atoms with Crippen LogP contribution in [0.25, 0.3) is 0 Å². The predicted octanol–water partition coefficient (Wildman–Crippen LogP) is 2.91. The maximum absolute atomic E-state index is 12.5. The van der Waals surface area contributed by atoms with Crippen molar-refractivity contribution in [2.24, 2.45) is 5.73 Å². The highest BCUT2D eigenvalue weighted by atomic mass is 35.5. The molecule has 2 rings (SSSR count). The van der Waals surface area contributed by atoms with E-state index in [2.05, 4.69) is 11.4 Å². The van der Waals surface area contributed by atoms with Gasteiger partial charge >= 0.3 is 0 Å². The Kier molecular flexibility index (Phi) is 7.43. The van der Waals surface area contributed by atoms with Crippen molar-refractivity contribution in [3.8, 4) is 0 Å². The molecule has 1 atom stereocenters. The highest BCUT2D eigenvalue weighted by Crippen LogP contribution is 2.17. The van der Waals surface area contributed by atoms with Gasteiger partial charge < -0.3 is 10.6 Å². The van der Waals surface area contributed by atoms with Crippen molar-refractivity contribution < 1.29 is 4.79 Å². The lowest BCUT2D eigenvalue weighted by Gasteiger charge is -2.23. The number of likely N-dealkylation sites (N-methyl/N-ethyl adjacent to an activating group) is 1. The van der Waals surface area contributed by atoms with Gasteiger partial charge in [-0.2, -0.15) is 0 Å². The Hall–Kier alpha value is -1.36. The van der Waals surface area contributed by atoms with Gasteiger partial charge in [0.05, 0.1) is 5.92 Å². The van der Waals surface area contributed by atoms with Gasteiger partial charge in [-0.15, -0.1) is 23.7 Å². The number of carbonyl (C=O) groups excluding carboxylic acids is 1. The van der Waals surface area contributed by atoms with Gasteiger partial charge in [-0.05, 0) is 23.4 Å². The number of hydrogen-bond acceptors (Lipinski definition) is 3. The fourth-order valence-electron chi connectivity index (χ4n) is 2.17. The van der Waals surface area contributed by atoms with E-state index in [0.29, 0.717) is 6.54 Å². The van der Waals surface area contributed by atoms with Crippen LogP contribution in [0.3, 0.4) is 0 Å². The Bertz CT molecular complexity index is 530. The molecule has 0 aliphatic rings. The number of benzene rings is 1. The first-order valence-corrected chi connectivity index (χ1v) is 7.62. The monoisotopic (exact) mass is 324 g/mol. The van der Waals surface area contributed by atoms with Crippen LogP contribution in [0.1, 0.15) is 16.4 Å². The van der Waals surface area contributed by atoms with Crippen molar-refractivity contribution in [3.63, 3.8) is 0 Å². The van der Waals surface area contributed by atoms with E-state index in [-0.39, 0.29) is 24.2 Å². The summed E-state index contributed by atoms with van der Waals surface area (Å²) in [7, 11) is 1.85. The molecule has 0 saturated carbocycles. The average Bonchev–Trinajstić information content (AvgIpc) is 3.00. The van der Waals surface area contributed by atoms with E-state index >= 15 is 0 Å². The molecule has 2 aromatic rings. The maximum Gasteiger partial charge on any atom is 0.231 e. The van der Waals surface area contributed by atoms with Gasteiger partial charge in [0.1, 0.15) is 0 Å². The zero-order chi connectivity index (χ0) is 14.4. The minimum atomic E-state index is -0.246. The van der Waals surface area contributed by atoms with Crippen LogP contribution in [0.15, 0.2) is 47.8 Å². The lowest BCUT2D eigenvalue weighted by molar-refractivity contribution is -0.131. The normalized spacial score (nSPS) is 11.5. The van der Waals surface area contributed by atoms with Gasteiger partial charge in [-0.25, -0.2) is 0 Å². The Balaban J connectivity index is 0.00000220. The SMILES string of the molecule is CN(CCc1cccs1)C(=O)C(CN)c1ccccc1.Cl. The molecule has 1 aromatic heterocycles. The van der Waals surface area contributed by atoms with Gasteiger partial charge in [0.2, 0.25) is 5.91 Å². The zero-order valence-corrected chi connectivity index (χ0v) is 13.7. The summed E-state index contributed by atoms with van der Waals surface area (Å²) in [5, 5.41) is 2.06. The number of amides is 1. The molecule has 1 heterocycles. The van der Waals surface area contributed by atoms with Crippen LogP contribution in [0.5, 0.6) is 0 Å². The van der Waals surface area contributed by atoms with Crippen molar-refractivity contribution >= 4 is 29.7 Å². The fourth-order valence-corrected chi connectivity index (χ4v) is 2.87. The molecular formula is C16H21ClN2OS. The van der Waals surface area contributed by atoms with Crippen LogP contribution in [0.2, 0.25) is 0 Å². The second-order valence-electron chi connectivity index (χ2n) is 4.79. The van der Waals surface area contributed by atoms with E-state index in [9.17, 15) is 4.79 Å². The number of hydrogen-bond donors (Lipinski definition) is 1. The first-order valence-electron chi connectivity index (χ1n) is 6.74. The van der Waals surface area contributed by atoms with Crippen LogP contribution >= 0.6 is 23.7 Å². The summed E-state index contributed by atoms with van der Waals surface area (Å²) in [6.45, 7) is 1.06. The predicted molar refractivity (Wildman–Crippen MR) is 91.1 cm³/mol. The van der Waals surface area contributed by atoms with E-state index in [1.807, 2.05) is 43.4 Å². The Morgan fingerprint density at radius 1 is 1.24 bits per heavy atom. The molecule has 0 bridgehead atoms. The summed E-state index contributed by atoms with van der Waals surface area (Å²) in [4.78, 5) is 15.6. The number of rotatable bonds is 6. The fraction of sp³-hybridized carbons (Fsp3) is 0.312. The number of nitrogens with two attached hydrogens (primary N) is 1. The average molecular weight is 325 g/mol. The molecule has 21 heavy (non-hydrogen) atoms. The summed E-state index contributed by atoms with van der Waals surface area (Å²) in [5.74, 6) is -0.153. The lowest BCUT2D eigenvalue weighted by Crippen LogP contribution is -2.36. The molecule has 0 aliphatic carbocycles. The Morgan fingerprint density at radius 2 is 1.95 bits per heavy atom. The summed E-state index contributed by atoms with van der Waals surface area (Å²) < 4.78 is 0. The lowest BCUT2D eigenvalue weighted by atomic mass is 9.98. The second kappa shape index (κ2) is 8.82. The van der Waals surface area contributed by atoms with Gasteiger partial charge in [0.25, 0.3) is 0 Å². The van der Waals surface area contributed by atoms with E-state index in [0.717, 1.165) is 18.5 Å². The van der Waals surface area contributed by atoms with Gasteiger partial charge in [0.15, 0.2) is 0 Å². The summed E-state index contributed by atoms with van der Waals surface area (Å²) >= 11 is 1.72. The Morgan fingerprint density at radius 3 is 2.52 bits per heavy atom. The highest BCUT2D eigenvalue weighted by Gasteiger charge is 2.22. The van der Waals surface area contributed by atoms with E-state index < -0.39 is 0 Å². The van der Waals surface area contributed by atoms with Crippen LogP contribution in [-0.4, -0.2) is 30.9 Å². The minimum absolute atomic E-state index is 0. The van der Waals surface area contributed by atoms with E-state index in [1.54, 1.807) is 16.2 Å². The summed E-state index contributed by atoms with van der Waals surface area (Å²) in [5.41, 5.74) is 6.78. The van der Waals surface area contributed by atoms with Crippen LogP contribution in [0.4, 0.5) is 0 Å². The number of nitrogens with zero attached hydrogens (tertiary/aromatic N) is 1. The summed E-state index contributed by atoms with van der Waals surface area (Å²) in [6, 6.07) is 13.9. The Labute approximate surface area is 136 Å². The minimum Gasteiger partial charge on any atom is -0.345 e. The quantitative estimate of drug-likeness (QED) is 0.888. The molecule has 0 saturated heterocycles. The largest absolute Gasteiger partial charge is 0.345 e. The van der Waals surface area contributed by atoms with Crippen molar-refractivity contribution in [2.45, 2.75) is 12.3 Å². The molecule has 5 heteroatoms. The molecule has 114 valence electrons. The van der Waals surface area contributed by atoms with Crippen LogP contribution in [0, 0.1) is 0 Å². The smallest absolute Gasteiger partial charge is 0.231 e. The second-order valence-corrected chi connectivity index (χ2v) is 5.82. The van der Waals surface area contributed by atoms with E-state index in [4.69, 9.17) is 5.73 Å². The molecular weight excluding hydrogens is 304 g/mol. The molecule has 1 amide bonds. The topological polar surface area (TPSA) is 46.3 Å². The molecule has 3 nitrogen and oxygen atoms in total. The molecule has 0 aliphatic heterocycles. The number of halogens is 1. The van der Waals surface area contributed by atoms with Gasteiger partial charge in [0, 0.05) is 25.0 Å². The van der Waals surface area contributed by atoms with Gasteiger partial charge in [-0.1, -0.05) is 36.4 Å². The molecule has 2 N–H and O–H groups in total. The first-order chi connectivity index (χ1) is 9.72. The van der Waals surface area contributed by atoms with Crippen molar-refractivity contribution in [3.05, 3.63) is 58.3 Å². The molecule has 1 unspecified atom stereocenters. The molecule has 0 radical (unpaired) electrons. The van der Waals surface area contributed by atoms with Crippen molar-refractivity contribution in [2.75, 3.05) is 20.1 Å². The third-order valence-electron chi connectivity index (χ3n) is 3.39. The van der Waals surface area contributed by atoms with Crippen molar-refractivity contribution in [1.29, 1.82) is 0 Å².